The number of para-hydroxylation sites is 3. The Balaban J connectivity index is 0.000000178. The lowest BCUT2D eigenvalue weighted by Gasteiger charge is -2.12. The van der Waals surface area contributed by atoms with Crippen LogP contribution in [0.5, 0.6) is 0 Å². The van der Waals surface area contributed by atoms with E-state index in [1.54, 1.807) is 0 Å². The summed E-state index contributed by atoms with van der Waals surface area (Å²) in [5.41, 5.74) is 34.1. The van der Waals surface area contributed by atoms with E-state index >= 15 is 0 Å². The Kier molecular flexibility index (Phi) is 37.4. The number of benzene rings is 16. The van der Waals surface area contributed by atoms with E-state index in [1.165, 1.54) is 219 Å². The Bertz CT molecular complexity index is 7020. The van der Waals surface area contributed by atoms with E-state index in [1.807, 2.05) is 166 Å². The van der Waals surface area contributed by atoms with E-state index in [2.05, 4.69) is 337 Å². The molecule has 0 saturated carbocycles. The van der Waals surface area contributed by atoms with Gasteiger partial charge in [-0.05, 0) is 229 Å². The quantitative estimate of drug-likeness (QED) is 0.167. The number of hydrogen-bond acceptors (Lipinski definition) is 0. The largest absolute Gasteiger partial charge is 0.341 e. The second-order valence-electron chi connectivity index (χ2n) is 29.0. The lowest BCUT2D eigenvalue weighted by Crippen LogP contribution is -1.95. The fourth-order valence-electron chi connectivity index (χ4n) is 19.7. The normalized spacial score (nSPS) is 11.0. The predicted molar refractivity (Wildman–Crippen MR) is 580 cm³/mol. The highest BCUT2D eigenvalue weighted by Gasteiger charge is 2.31. The summed E-state index contributed by atoms with van der Waals surface area (Å²) in [5, 5.41) is 22.2. The molecule has 20 aromatic rings. The van der Waals surface area contributed by atoms with Crippen LogP contribution >= 0.6 is 0 Å². The van der Waals surface area contributed by atoms with E-state index in [-0.39, 0.29) is 0 Å². The SMILES string of the molecule is CC.CC.CC.CC.CC.CC.CC.CC.CC.CC.CC.CC.CCn1c2ccc3c(c2c2c4ccccc4ccc21)Cc1ccccc1-3.CCn1c2ccccc2c2c3c(c4ccccc4c21)-c1ccccc1C3.CCn1c2ccccc2c2c3c(ccc21)-c1cc2ccccc2cc1C3.CCn1c2ccccc2c2c3c(ccc21)-c1ccc2ccccc2c1C3. The molecule has 0 fully saturated rings. The number of aryl methyl sites for hydroxylation is 4. The van der Waals surface area contributed by atoms with Crippen molar-refractivity contribution < 1.29 is 0 Å². The highest BCUT2D eigenvalue weighted by molar-refractivity contribution is 6.26. The van der Waals surface area contributed by atoms with Gasteiger partial charge in [-0.1, -0.05) is 409 Å². The van der Waals surface area contributed by atoms with Gasteiger partial charge in [0.15, 0.2) is 0 Å². The first-order valence-electron chi connectivity index (χ1n) is 49.6. The van der Waals surface area contributed by atoms with Crippen LogP contribution in [-0.2, 0) is 51.9 Å². The molecule has 0 unspecified atom stereocenters. The van der Waals surface area contributed by atoms with E-state index < -0.39 is 0 Å². The Labute approximate surface area is 769 Å². The van der Waals surface area contributed by atoms with Crippen molar-refractivity contribution in [1.82, 2.24) is 18.3 Å². The first kappa shape index (κ1) is 99.5. The smallest absolute Gasteiger partial charge is 0.0574 e. The number of aromatic nitrogens is 4. The second kappa shape index (κ2) is 48.1. The maximum Gasteiger partial charge on any atom is 0.0574 e. The molecule has 0 atom stereocenters. The molecular formula is C124H148N4. The van der Waals surface area contributed by atoms with Crippen LogP contribution in [0.3, 0.4) is 0 Å². The molecule has 0 aliphatic heterocycles. The molecule has 0 radical (unpaired) electrons. The van der Waals surface area contributed by atoms with Gasteiger partial charge in [-0.25, -0.2) is 0 Å². The van der Waals surface area contributed by atoms with E-state index in [4.69, 9.17) is 0 Å². The van der Waals surface area contributed by atoms with Crippen molar-refractivity contribution in [2.75, 3.05) is 0 Å². The van der Waals surface area contributed by atoms with Gasteiger partial charge in [-0.2, -0.15) is 0 Å². The summed E-state index contributed by atoms with van der Waals surface area (Å²) < 4.78 is 9.87. The molecule has 0 saturated heterocycles. The van der Waals surface area contributed by atoms with Crippen LogP contribution in [0.4, 0.5) is 0 Å². The standard InChI is InChI=1S/4C25H19N.12C2H6/c1-2-26-22-13-11-16-7-3-6-10-19(16)24(22)25-21-15-17-8-4-5-9-18(17)20(21)12-14-23(25)26;1-2-26-22-14-8-7-13-20(22)24-21-15-16-9-3-4-10-17(16)23(21)18-11-5-6-12-19(18)25(24)26;1-2-26-23-10-6-5-9-20(23)25-22-15-18-13-16-7-3-4-8-17(16)14-21(18)19(22)11-12-24(25)26;1-2-26-23-10-6-5-9-20(23)25-22-15-21-17-8-4-3-7-16(17)11-12-18(21)19(22)13-14-24(25)26;12*1-2/h4*3-14H,2,15H2,1H3;12*1-2H3. The van der Waals surface area contributed by atoms with Crippen LogP contribution in [0.15, 0.2) is 291 Å². The molecule has 0 N–H and O–H groups in total. The molecular weight excluding hydrogens is 1550 g/mol. The summed E-state index contributed by atoms with van der Waals surface area (Å²) in [5.74, 6) is 0. The molecule has 24 rings (SSSR count). The van der Waals surface area contributed by atoms with E-state index in [0.29, 0.717) is 0 Å². The summed E-state index contributed by atoms with van der Waals surface area (Å²) in [7, 11) is 0. The monoisotopic (exact) mass is 1690 g/mol. The first-order valence-corrected chi connectivity index (χ1v) is 49.6. The zero-order valence-electron chi connectivity index (χ0n) is 83.2. The zero-order chi connectivity index (χ0) is 93.0. The molecule has 664 valence electrons. The molecule has 4 heteroatoms. The lowest BCUT2D eigenvalue weighted by atomic mass is 9.93. The third kappa shape index (κ3) is 18.0. The molecule has 128 heavy (non-hydrogen) atoms. The van der Waals surface area contributed by atoms with Crippen molar-refractivity contribution in [3.8, 4) is 44.5 Å². The maximum absolute atomic E-state index is 2.50. The average molecular weight is 1690 g/mol. The van der Waals surface area contributed by atoms with Gasteiger partial charge in [0.1, 0.15) is 0 Å². The summed E-state index contributed by atoms with van der Waals surface area (Å²) in [4.78, 5) is 0. The number of fused-ring (bicyclic) bond motifs is 36. The Morgan fingerprint density at radius 2 is 0.492 bits per heavy atom. The number of hydrogen-bond donors (Lipinski definition) is 0. The Morgan fingerprint density at radius 1 is 0.180 bits per heavy atom. The van der Waals surface area contributed by atoms with Crippen LogP contribution in [0.2, 0.25) is 0 Å². The summed E-state index contributed by atoms with van der Waals surface area (Å²) in [6, 6.07) is 107. The van der Waals surface area contributed by atoms with Gasteiger partial charge in [0, 0.05) is 113 Å². The molecule has 4 aliphatic rings. The maximum atomic E-state index is 2.50. The summed E-state index contributed by atoms with van der Waals surface area (Å²) in [6.45, 7) is 60.9. The Morgan fingerprint density at radius 3 is 1.02 bits per heavy atom. The van der Waals surface area contributed by atoms with Crippen molar-refractivity contribution in [2.45, 2.75) is 246 Å². The van der Waals surface area contributed by atoms with Crippen molar-refractivity contribution in [3.63, 3.8) is 0 Å². The Hall–Kier alpha value is -12.2. The first-order chi connectivity index (χ1) is 63.5. The van der Waals surface area contributed by atoms with E-state index in [0.717, 1.165) is 51.9 Å². The summed E-state index contributed by atoms with van der Waals surface area (Å²) in [6.07, 6.45) is 4.13. The van der Waals surface area contributed by atoms with Gasteiger partial charge in [0.05, 0.1) is 5.52 Å². The predicted octanol–water partition coefficient (Wildman–Crippen LogP) is 38.5. The summed E-state index contributed by atoms with van der Waals surface area (Å²) >= 11 is 0. The van der Waals surface area contributed by atoms with Gasteiger partial charge < -0.3 is 18.3 Å². The van der Waals surface area contributed by atoms with Gasteiger partial charge in [0.25, 0.3) is 0 Å². The molecule has 0 bridgehead atoms. The zero-order valence-corrected chi connectivity index (χ0v) is 83.2. The molecule has 16 aromatic carbocycles. The van der Waals surface area contributed by atoms with Crippen molar-refractivity contribution in [1.29, 1.82) is 0 Å². The second-order valence-corrected chi connectivity index (χ2v) is 29.0. The lowest BCUT2D eigenvalue weighted by molar-refractivity contribution is 0.827. The fraction of sp³-hybridized carbons (Fsp3) is 0.290. The average Bonchev–Trinajstić information content (AvgIpc) is 1.55. The molecule has 0 amide bonds. The molecule has 4 heterocycles. The molecule has 4 nitrogen and oxygen atoms in total. The van der Waals surface area contributed by atoms with Crippen molar-refractivity contribution >= 4 is 130 Å². The van der Waals surface area contributed by atoms with Gasteiger partial charge in [-0.3, -0.25) is 0 Å². The highest BCUT2D eigenvalue weighted by atomic mass is 15.0. The molecule has 4 aromatic heterocycles. The third-order valence-corrected chi connectivity index (χ3v) is 24.1. The van der Waals surface area contributed by atoms with Crippen LogP contribution in [-0.4, -0.2) is 18.3 Å². The van der Waals surface area contributed by atoms with Gasteiger partial charge >= 0.3 is 0 Å². The van der Waals surface area contributed by atoms with Gasteiger partial charge in [0.2, 0.25) is 0 Å². The minimum Gasteiger partial charge on any atom is -0.341 e. The minimum absolute atomic E-state index is 0.986. The van der Waals surface area contributed by atoms with Crippen molar-refractivity contribution in [3.05, 3.63) is 336 Å². The third-order valence-electron chi connectivity index (χ3n) is 24.1. The van der Waals surface area contributed by atoms with Gasteiger partial charge in [-0.15, -0.1) is 0 Å². The topological polar surface area (TPSA) is 19.7 Å². The van der Waals surface area contributed by atoms with Crippen LogP contribution < -0.4 is 0 Å². The highest BCUT2D eigenvalue weighted by Crippen LogP contribution is 2.52. The van der Waals surface area contributed by atoms with Crippen LogP contribution in [0, 0.1) is 0 Å². The number of nitrogens with zero attached hydrogens (tertiary/aromatic N) is 4. The molecule has 0 spiro atoms. The minimum atomic E-state index is 0.986. The molecule has 4 aliphatic carbocycles. The van der Waals surface area contributed by atoms with Crippen LogP contribution in [0.1, 0.15) is 238 Å². The van der Waals surface area contributed by atoms with Crippen molar-refractivity contribution in [2.24, 2.45) is 0 Å². The van der Waals surface area contributed by atoms with E-state index in [9.17, 15) is 0 Å². The fourth-order valence-corrected chi connectivity index (χ4v) is 19.7. The van der Waals surface area contributed by atoms with Crippen LogP contribution in [0.25, 0.3) is 175 Å². The number of rotatable bonds is 4.